The Labute approximate surface area is 122 Å². The first-order valence-corrected chi connectivity index (χ1v) is 7.99. The average molecular weight is 307 g/mol. The molecule has 3 rings (SSSR count). The van der Waals surface area contributed by atoms with Crippen LogP contribution in [-0.2, 0) is 16.4 Å². The van der Waals surface area contributed by atoms with Crippen LogP contribution in [0.3, 0.4) is 0 Å². The van der Waals surface area contributed by atoms with E-state index < -0.39 is 28.0 Å². The SMILES string of the molecule is O=S(=O)(NC1c2ccccc2CC1O)c1cccc(F)c1. The normalized spacial score (nSPS) is 21.2. The highest BCUT2D eigenvalue weighted by Crippen LogP contribution is 2.32. The van der Waals surface area contributed by atoms with E-state index in [1.165, 1.54) is 18.2 Å². The van der Waals surface area contributed by atoms with Crippen LogP contribution in [0.2, 0.25) is 0 Å². The molecule has 6 heteroatoms. The van der Waals surface area contributed by atoms with Gasteiger partial charge in [0.1, 0.15) is 5.82 Å². The number of aliphatic hydroxyl groups excluding tert-OH is 1. The van der Waals surface area contributed by atoms with Crippen molar-refractivity contribution in [3.05, 3.63) is 65.5 Å². The van der Waals surface area contributed by atoms with E-state index in [1.807, 2.05) is 12.1 Å². The third-order valence-electron chi connectivity index (χ3n) is 3.59. The number of hydrogen-bond acceptors (Lipinski definition) is 3. The number of hydrogen-bond donors (Lipinski definition) is 2. The zero-order valence-corrected chi connectivity index (χ0v) is 11.8. The predicted octanol–water partition coefficient (Wildman–Crippen LogP) is 1.76. The van der Waals surface area contributed by atoms with Crippen molar-refractivity contribution in [3.63, 3.8) is 0 Å². The van der Waals surface area contributed by atoms with Gasteiger partial charge >= 0.3 is 0 Å². The van der Waals surface area contributed by atoms with E-state index in [0.717, 1.165) is 17.2 Å². The van der Waals surface area contributed by atoms with Crippen molar-refractivity contribution in [1.82, 2.24) is 4.72 Å². The monoisotopic (exact) mass is 307 g/mol. The molecule has 0 saturated heterocycles. The second kappa shape index (κ2) is 5.22. The molecule has 1 aliphatic rings. The first-order chi connectivity index (χ1) is 9.97. The smallest absolute Gasteiger partial charge is 0.241 e. The molecule has 2 N–H and O–H groups in total. The van der Waals surface area contributed by atoms with Gasteiger partial charge in [-0.15, -0.1) is 0 Å². The summed E-state index contributed by atoms with van der Waals surface area (Å²) in [7, 11) is -3.89. The summed E-state index contributed by atoms with van der Waals surface area (Å²) >= 11 is 0. The molecule has 0 radical (unpaired) electrons. The van der Waals surface area contributed by atoms with E-state index in [2.05, 4.69) is 4.72 Å². The van der Waals surface area contributed by atoms with Crippen molar-refractivity contribution < 1.29 is 17.9 Å². The first kappa shape index (κ1) is 14.2. The maximum absolute atomic E-state index is 13.2. The molecule has 110 valence electrons. The zero-order chi connectivity index (χ0) is 15.0. The molecule has 0 fully saturated rings. The van der Waals surface area contributed by atoms with Gasteiger partial charge in [0.05, 0.1) is 17.0 Å². The van der Waals surface area contributed by atoms with Crippen LogP contribution < -0.4 is 4.72 Å². The lowest BCUT2D eigenvalue weighted by atomic mass is 10.1. The highest BCUT2D eigenvalue weighted by Gasteiger charge is 2.34. The van der Waals surface area contributed by atoms with E-state index >= 15 is 0 Å². The Hall–Kier alpha value is -1.76. The van der Waals surface area contributed by atoms with Gasteiger partial charge in [-0.1, -0.05) is 30.3 Å². The lowest BCUT2D eigenvalue weighted by Gasteiger charge is -2.18. The van der Waals surface area contributed by atoms with Gasteiger partial charge in [0.15, 0.2) is 0 Å². The molecule has 0 heterocycles. The van der Waals surface area contributed by atoms with E-state index in [-0.39, 0.29) is 4.90 Å². The Morgan fingerprint density at radius 3 is 2.67 bits per heavy atom. The number of fused-ring (bicyclic) bond motifs is 1. The number of benzene rings is 2. The van der Waals surface area contributed by atoms with Crippen LogP contribution in [0.25, 0.3) is 0 Å². The third-order valence-corrected chi connectivity index (χ3v) is 5.03. The lowest BCUT2D eigenvalue weighted by Crippen LogP contribution is -2.33. The van der Waals surface area contributed by atoms with Crippen molar-refractivity contribution in [2.75, 3.05) is 0 Å². The molecule has 0 aromatic heterocycles. The topological polar surface area (TPSA) is 66.4 Å². The number of rotatable bonds is 3. The minimum Gasteiger partial charge on any atom is -0.391 e. The average Bonchev–Trinajstić information content (AvgIpc) is 2.75. The summed E-state index contributed by atoms with van der Waals surface area (Å²) in [6, 6.07) is 11.3. The van der Waals surface area contributed by atoms with Crippen LogP contribution in [0.5, 0.6) is 0 Å². The molecule has 0 saturated carbocycles. The van der Waals surface area contributed by atoms with Gasteiger partial charge in [-0.25, -0.2) is 17.5 Å². The van der Waals surface area contributed by atoms with Gasteiger partial charge in [0.2, 0.25) is 10.0 Å². The molecular formula is C15H14FNO3S. The van der Waals surface area contributed by atoms with E-state index in [9.17, 15) is 17.9 Å². The molecule has 1 aliphatic carbocycles. The highest BCUT2D eigenvalue weighted by molar-refractivity contribution is 7.89. The van der Waals surface area contributed by atoms with E-state index in [0.29, 0.717) is 6.42 Å². The summed E-state index contributed by atoms with van der Waals surface area (Å²) in [5.41, 5.74) is 1.67. The third kappa shape index (κ3) is 2.70. The fourth-order valence-corrected chi connectivity index (χ4v) is 3.87. The largest absolute Gasteiger partial charge is 0.391 e. The summed E-state index contributed by atoms with van der Waals surface area (Å²) in [4.78, 5) is -0.154. The van der Waals surface area contributed by atoms with Crippen LogP contribution in [0.1, 0.15) is 17.2 Å². The van der Waals surface area contributed by atoms with Crippen molar-refractivity contribution >= 4 is 10.0 Å². The number of sulfonamides is 1. The van der Waals surface area contributed by atoms with Gasteiger partial charge in [0, 0.05) is 6.42 Å². The summed E-state index contributed by atoms with van der Waals surface area (Å²) in [5.74, 6) is -0.620. The predicted molar refractivity (Wildman–Crippen MR) is 75.6 cm³/mol. The van der Waals surface area contributed by atoms with Gasteiger partial charge in [0.25, 0.3) is 0 Å². The van der Waals surface area contributed by atoms with Gasteiger partial charge in [-0.2, -0.15) is 0 Å². The summed E-state index contributed by atoms with van der Waals surface area (Å²) in [6.45, 7) is 0. The Kier molecular flexibility index (Phi) is 3.52. The molecule has 0 spiro atoms. The number of nitrogens with one attached hydrogen (secondary N) is 1. The van der Waals surface area contributed by atoms with Crippen LogP contribution in [0.15, 0.2) is 53.4 Å². The summed E-state index contributed by atoms with van der Waals surface area (Å²) < 4.78 is 40.3. The molecule has 21 heavy (non-hydrogen) atoms. The zero-order valence-electron chi connectivity index (χ0n) is 11.0. The first-order valence-electron chi connectivity index (χ1n) is 6.51. The molecule has 0 aliphatic heterocycles. The van der Waals surface area contributed by atoms with Gasteiger partial charge < -0.3 is 5.11 Å². The van der Waals surface area contributed by atoms with Crippen molar-refractivity contribution in [2.45, 2.75) is 23.5 Å². The van der Waals surface area contributed by atoms with Crippen LogP contribution in [0, 0.1) is 5.82 Å². The van der Waals surface area contributed by atoms with Gasteiger partial charge in [-0.3, -0.25) is 0 Å². The van der Waals surface area contributed by atoms with E-state index in [1.54, 1.807) is 12.1 Å². The Balaban J connectivity index is 1.93. The van der Waals surface area contributed by atoms with Crippen LogP contribution in [-0.4, -0.2) is 19.6 Å². The van der Waals surface area contributed by atoms with Crippen LogP contribution in [0.4, 0.5) is 4.39 Å². The standard InChI is InChI=1S/C15H14FNO3S/c16-11-5-3-6-12(9-11)21(19,20)17-15-13-7-2-1-4-10(13)8-14(15)18/h1-7,9,14-15,17-18H,8H2. The molecular weight excluding hydrogens is 293 g/mol. The second-order valence-electron chi connectivity index (χ2n) is 5.03. The molecule has 0 amide bonds. The van der Waals surface area contributed by atoms with Crippen molar-refractivity contribution in [3.8, 4) is 0 Å². The van der Waals surface area contributed by atoms with E-state index in [4.69, 9.17) is 0 Å². The Bertz CT molecular complexity index is 776. The van der Waals surface area contributed by atoms with Gasteiger partial charge in [-0.05, 0) is 29.3 Å². The highest BCUT2D eigenvalue weighted by atomic mass is 32.2. The molecule has 2 atom stereocenters. The maximum atomic E-state index is 13.2. The van der Waals surface area contributed by atoms with Crippen molar-refractivity contribution in [2.24, 2.45) is 0 Å². The molecule has 2 aromatic carbocycles. The fraction of sp³-hybridized carbons (Fsp3) is 0.200. The number of halogens is 1. The van der Waals surface area contributed by atoms with Crippen molar-refractivity contribution in [1.29, 1.82) is 0 Å². The molecule has 2 aromatic rings. The summed E-state index contributed by atoms with van der Waals surface area (Å²) in [5, 5.41) is 10.1. The molecule has 4 nitrogen and oxygen atoms in total. The fourth-order valence-electron chi connectivity index (χ4n) is 2.59. The Morgan fingerprint density at radius 2 is 1.90 bits per heavy atom. The molecule has 0 bridgehead atoms. The maximum Gasteiger partial charge on any atom is 0.241 e. The minimum atomic E-state index is -3.89. The lowest BCUT2D eigenvalue weighted by molar-refractivity contribution is 0.151. The summed E-state index contributed by atoms with van der Waals surface area (Å²) in [6.07, 6.45) is -0.433. The number of aliphatic hydroxyl groups is 1. The van der Waals surface area contributed by atoms with Crippen LogP contribution >= 0.6 is 0 Å². The molecule has 2 unspecified atom stereocenters. The second-order valence-corrected chi connectivity index (χ2v) is 6.74. The minimum absolute atomic E-state index is 0.154. The quantitative estimate of drug-likeness (QED) is 0.908. The Morgan fingerprint density at radius 1 is 1.14 bits per heavy atom.